The van der Waals surface area contributed by atoms with Crippen LogP contribution in [-0.4, -0.2) is 52.8 Å². The van der Waals surface area contributed by atoms with Crippen molar-refractivity contribution in [2.24, 2.45) is 7.05 Å². The number of imide groups is 1. The number of halogens is 1. The topological polar surface area (TPSA) is 201 Å². The molecule has 5 N–H and O–H groups in total. The molecule has 4 amide bonds. The molecule has 17 heteroatoms. The van der Waals surface area contributed by atoms with Gasteiger partial charge in [0, 0.05) is 35.9 Å². The first-order valence-corrected chi connectivity index (χ1v) is 17.6. The van der Waals surface area contributed by atoms with Crippen molar-refractivity contribution < 1.29 is 37.1 Å². The first-order valence-electron chi connectivity index (χ1n) is 16.1. The molecule has 2 saturated heterocycles. The number of phenols is 1. The van der Waals surface area contributed by atoms with E-state index >= 15 is 4.39 Å². The normalized spacial score (nSPS) is 17.7. The van der Waals surface area contributed by atoms with Gasteiger partial charge in [0.15, 0.2) is 5.82 Å². The minimum Gasteiger partial charge on any atom is -0.506 e. The Morgan fingerprint density at radius 3 is 2.42 bits per heavy atom. The van der Waals surface area contributed by atoms with Gasteiger partial charge in [-0.1, -0.05) is 12.1 Å². The van der Waals surface area contributed by atoms with Crippen LogP contribution in [0.4, 0.5) is 27.1 Å². The Balaban J connectivity index is 1.07. The van der Waals surface area contributed by atoms with Crippen LogP contribution in [-0.2, 0) is 36.4 Å². The Morgan fingerprint density at radius 1 is 0.981 bits per heavy atom. The molecule has 2 atom stereocenters. The summed E-state index contributed by atoms with van der Waals surface area (Å²) in [5.41, 5.74) is 3.42. The molecular formula is C35H32FN7O8S. The Kier molecular flexibility index (Phi) is 8.24. The molecule has 5 aromatic rings. The number of anilines is 4. The molecule has 1 aromatic heterocycles. The maximum absolute atomic E-state index is 15.5. The van der Waals surface area contributed by atoms with Gasteiger partial charge in [-0.05, 0) is 85.3 Å². The Morgan fingerprint density at radius 2 is 1.73 bits per heavy atom. The van der Waals surface area contributed by atoms with Crippen molar-refractivity contribution >= 4 is 78.4 Å². The van der Waals surface area contributed by atoms with E-state index in [-0.39, 0.29) is 41.1 Å². The van der Waals surface area contributed by atoms with E-state index in [2.05, 4.69) is 16.0 Å². The van der Waals surface area contributed by atoms with E-state index in [4.69, 9.17) is 0 Å². The van der Waals surface area contributed by atoms with Gasteiger partial charge in [-0.2, -0.15) is 8.42 Å². The van der Waals surface area contributed by atoms with Gasteiger partial charge in [0.25, 0.3) is 5.91 Å². The molecule has 0 saturated carbocycles. The third-order valence-corrected chi connectivity index (χ3v) is 10.8. The minimum atomic E-state index is -4.36. The van der Waals surface area contributed by atoms with Gasteiger partial charge < -0.3 is 15.7 Å². The lowest BCUT2D eigenvalue weighted by Gasteiger charge is -2.22. The SMILES string of the molecule is Cc1cc(C(C)C(=O)Nc2ccc3c(F)c(N4CC(=O)NS4(=O)=O)c(O)cc3c2)ccc1Nc1ccc2c(c1)n(C)c(=O)n2C1CCC(=O)NC1=O. The predicted molar refractivity (Wildman–Crippen MR) is 190 cm³/mol. The van der Waals surface area contributed by atoms with Gasteiger partial charge in [0.2, 0.25) is 17.7 Å². The molecule has 52 heavy (non-hydrogen) atoms. The number of carbonyl (C=O) groups excluding carboxylic acids is 4. The second-order valence-corrected chi connectivity index (χ2v) is 14.4. The van der Waals surface area contributed by atoms with E-state index in [1.54, 1.807) is 43.0 Å². The number of piperidine rings is 1. The van der Waals surface area contributed by atoms with Crippen LogP contribution in [0.25, 0.3) is 21.8 Å². The van der Waals surface area contributed by atoms with Crippen LogP contribution in [0.3, 0.4) is 0 Å². The number of aromatic hydroxyl groups is 1. The number of aryl methyl sites for hydroxylation is 2. The highest BCUT2D eigenvalue weighted by atomic mass is 32.2. The number of fused-ring (bicyclic) bond motifs is 2. The van der Waals surface area contributed by atoms with Gasteiger partial charge in [-0.25, -0.2) is 18.2 Å². The molecule has 2 fully saturated rings. The molecule has 4 aromatic carbocycles. The highest BCUT2D eigenvalue weighted by molar-refractivity contribution is 7.92. The summed E-state index contributed by atoms with van der Waals surface area (Å²) in [5, 5.41) is 19.2. The van der Waals surface area contributed by atoms with Crippen molar-refractivity contribution in [3.63, 3.8) is 0 Å². The van der Waals surface area contributed by atoms with Crippen LogP contribution in [0.5, 0.6) is 5.75 Å². The van der Waals surface area contributed by atoms with Crippen molar-refractivity contribution in [1.82, 2.24) is 19.2 Å². The number of nitrogens with one attached hydrogen (secondary N) is 4. The number of benzene rings is 4. The first kappa shape index (κ1) is 34.2. The van der Waals surface area contributed by atoms with E-state index in [1.807, 2.05) is 19.1 Å². The maximum atomic E-state index is 15.5. The lowest BCUT2D eigenvalue weighted by molar-refractivity contribution is -0.135. The monoisotopic (exact) mass is 729 g/mol. The van der Waals surface area contributed by atoms with E-state index < -0.39 is 57.8 Å². The van der Waals surface area contributed by atoms with Crippen molar-refractivity contribution in [3.8, 4) is 5.75 Å². The average molecular weight is 730 g/mol. The molecule has 0 bridgehead atoms. The predicted octanol–water partition coefficient (Wildman–Crippen LogP) is 3.29. The number of aromatic nitrogens is 2. The van der Waals surface area contributed by atoms with Crippen molar-refractivity contribution in [1.29, 1.82) is 0 Å². The number of phenolic OH excluding ortho intramolecular Hbond substituents is 1. The Bertz CT molecular complexity index is 2560. The molecule has 2 aliphatic rings. The summed E-state index contributed by atoms with van der Waals surface area (Å²) in [6.45, 7) is 2.92. The number of nitrogens with zero attached hydrogens (tertiary/aromatic N) is 3. The zero-order valence-electron chi connectivity index (χ0n) is 28.0. The molecule has 0 aliphatic carbocycles. The molecule has 0 radical (unpaired) electrons. The summed E-state index contributed by atoms with van der Waals surface area (Å²) in [4.78, 5) is 62.3. The van der Waals surface area contributed by atoms with Crippen molar-refractivity contribution in [3.05, 3.63) is 88.1 Å². The quantitative estimate of drug-likeness (QED) is 0.156. The number of amides is 4. The summed E-state index contributed by atoms with van der Waals surface area (Å²) < 4.78 is 45.0. The Labute approximate surface area is 295 Å². The van der Waals surface area contributed by atoms with E-state index in [9.17, 15) is 37.5 Å². The van der Waals surface area contributed by atoms with Crippen LogP contribution in [0.15, 0.2) is 65.5 Å². The molecule has 268 valence electrons. The summed E-state index contributed by atoms with van der Waals surface area (Å²) in [6.07, 6.45) is 0.378. The fourth-order valence-corrected chi connectivity index (χ4v) is 7.79. The summed E-state index contributed by atoms with van der Waals surface area (Å²) in [7, 11) is -2.74. The van der Waals surface area contributed by atoms with Crippen molar-refractivity contribution in [2.45, 2.75) is 38.6 Å². The fourth-order valence-electron chi connectivity index (χ4n) is 6.62. The lowest BCUT2D eigenvalue weighted by atomic mass is 9.97. The molecule has 2 unspecified atom stereocenters. The van der Waals surface area contributed by atoms with Gasteiger partial charge in [-0.15, -0.1) is 0 Å². The summed E-state index contributed by atoms with van der Waals surface area (Å²) in [6, 6.07) is 15.4. The van der Waals surface area contributed by atoms with Gasteiger partial charge in [0.1, 0.15) is 24.0 Å². The summed E-state index contributed by atoms with van der Waals surface area (Å²) in [5.74, 6) is -4.44. The van der Waals surface area contributed by atoms with Crippen LogP contribution in [0, 0.1) is 12.7 Å². The smallest absolute Gasteiger partial charge is 0.329 e. The second kappa shape index (κ2) is 12.5. The average Bonchev–Trinajstić information content (AvgIpc) is 3.50. The second-order valence-electron chi connectivity index (χ2n) is 12.8. The molecular weight excluding hydrogens is 697 g/mol. The number of imidazole rings is 1. The minimum absolute atomic E-state index is 0.0274. The van der Waals surface area contributed by atoms with Crippen LogP contribution in [0.1, 0.15) is 42.9 Å². The van der Waals surface area contributed by atoms with Crippen LogP contribution in [0.2, 0.25) is 0 Å². The third kappa shape index (κ3) is 5.87. The van der Waals surface area contributed by atoms with Crippen LogP contribution >= 0.6 is 0 Å². The van der Waals surface area contributed by atoms with E-state index in [1.165, 1.54) is 27.3 Å². The maximum Gasteiger partial charge on any atom is 0.329 e. The number of carbonyl (C=O) groups is 4. The number of hydrogen-bond donors (Lipinski definition) is 5. The van der Waals surface area contributed by atoms with Crippen LogP contribution < -0.4 is 30.7 Å². The van der Waals surface area contributed by atoms with Crippen molar-refractivity contribution in [2.75, 3.05) is 21.5 Å². The van der Waals surface area contributed by atoms with E-state index in [0.29, 0.717) is 32.3 Å². The summed E-state index contributed by atoms with van der Waals surface area (Å²) >= 11 is 0. The lowest BCUT2D eigenvalue weighted by Crippen LogP contribution is -2.44. The molecule has 2 aliphatic heterocycles. The molecule has 7 rings (SSSR count). The number of hydrogen-bond acceptors (Lipinski definition) is 9. The standard InChI is InChI=1S/C35H32FN7O8S/c1-17-12-19(4-8-24(17)37-22-6-9-25-27(15-22)41(3)35(49)43(25)26-10-11-29(45)39-34(26)48)18(2)33(47)38-21-5-7-23-20(13-21)14-28(44)32(31(23)36)42-16-30(46)40-52(42,50)51/h4-9,12-15,18,26,37,44H,10-11,16H2,1-3H3,(H,38,47)(H,40,46)(H,39,45,48). The zero-order chi connectivity index (χ0) is 37.2. The number of rotatable bonds is 7. The first-order chi connectivity index (χ1) is 24.6. The zero-order valence-corrected chi connectivity index (χ0v) is 28.8. The highest BCUT2D eigenvalue weighted by Gasteiger charge is 2.38. The van der Waals surface area contributed by atoms with Gasteiger partial charge >= 0.3 is 15.9 Å². The molecule has 15 nitrogen and oxygen atoms in total. The highest BCUT2D eigenvalue weighted by Crippen LogP contribution is 2.39. The Hall–Kier alpha value is -6.23. The third-order valence-electron chi connectivity index (χ3n) is 9.40. The largest absolute Gasteiger partial charge is 0.506 e. The van der Waals surface area contributed by atoms with E-state index in [0.717, 1.165) is 17.3 Å². The molecule has 3 heterocycles. The fraction of sp³-hybridized carbons (Fsp3) is 0.229. The van der Waals surface area contributed by atoms with Gasteiger partial charge in [-0.3, -0.25) is 33.6 Å². The molecule has 0 spiro atoms. The van der Waals surface area contributed by atoms with Gasteiger partial charge in [0.05, 0.1) is 17.0 Å².